The lowest BCUT2D eigenvalue weighted by atomic mass is 9.98. The molecule has 0 aromatic heterocycles. The van der Waals surface area contributed by atoms with Crippen LogP contribution < -0.4 is 0 Å². The molecule has 0 saturated carbocycles. The van der Waals surface area contributed by atoms with E-state index in [0.29, 0.717) is 0 Å². The van der Waals surface area contributed by atoms with Crippen LogP contribution in [0.15, 0.2) is 24.3 Å². The quantitative estimate of drug-likeness (QED) is 0.850. The molecule has 1 fully saturated rings. The van der Waals surface area contributed by atoms with E-state index in [2.05, 4.69) is 0 Å². The number of aliphatic hydroxyl groups is 1. The molecule has 1 aliphatic heterocycles. The van der Waals surface area contributed by atoms with Crippen molar-refractivity contribution in [1.82, 2.24) is 0 Å². The van der Waals surface area contributed by atoms with Crippen LogP contribution in [-0.2, 0) is 16.1 Å². The summed E-state index contributed by atoms with van der Waals surface area (Å²) in [4.78, 5) is 0. The summed E-state index contributed by atoms with van der Waals surface area (Å²) in [6.45, 7) is 0.820. The maximum atomic E-state index is 9.09. The third kappa shape index (κ3) is 2.61. The van der Waals surface area contributed by atoms with E-state index >= 15 is 0 Å². The number of hydrogen-bond acceptors (Lipinski definition) is 3. The van der Waals surface area contributed by atoms with Gasteiger partial charge < -0.3 is 14.6 Å². The van der Waals surface area contributed by atoms with Crippen molar-refractivity contribution in [3.8, 4) is 0 Å². The Balaban J connectivity index is 2.10. The zero-order chi connectivity index (χ0) is 11.4. The van der Waals surface area contributed by atoms with Gasteiger partial charge in [-0.2, -0.15) is 0 Å². The summed E-state index contributed by atoms with van der Waals surface area (Å²) in [5, 5.41) is 9.09. The molecule has 3 nitrogen and oxygen atoms in total. The normalized spacial score (nSPS) is 25.6. The van der Waals surface area contributed by atoms with Gasteiger partial charge >= 0.3 is 0 Å². The van der Waals surface area contributed by atoms with Crippen LogP contribution >= 0.6 is 0 Å². The molecule has 2 rings (SSSR count). The lowest BCUT2D eigenvalue weighted by Crippen LogP contribution is -2.25. The third-order valence-electron chi connectivity index (χ3n) is 3.07. The zero-order valence-electron chi connectivity index (χ0n) is 9.56. The van der Waals surface area contributed by atoms with E-state index < -0.39 is 0 Å². The summed E-state index contributed by atoms with van der Waals surface area (Å²) in [6, 6.07) is 7.92. The first-order valence-corrected chi connectivity index (χ1v) is 5.67. The second-order valence-electron chi connectivity index (χ2n) is 4.14. The first kappa shape index (κ1) is 11.6. The molecule has 0 spiro atoms. The Morgan fingerprint density at radius 3 is 3.12 bits per heavy atom. The summed E-state index contributed by atoms with van der Waals surface area (Å²) < 4.78 is 11.1. The minimum absolute atomic E-state index is 0.0776. The van der Waals surface area contributed by atoms with Crippen molar-refractivity contribution in [2.75, 3.05) is 13.7 Å². The molecule has 2 unspecified atom stereocenters. The minimum Gasteiger partial charge on any atom is -0.392 e. The van der Waals surface area contributed by atoms with Crippen molar-refractivity contribution in [2.24, 2.45) is 0 Å². The molecule has 1 saturated heterocycles. The summed E-state index contributed by atoms with van der Waals surface area (Å²) in [6.07, 6.45) is 2.25. The maximum Gasteiger partial charge on any atom is 0.0849 e. The van der Waals surface area contributed by atoms with E-state index in [1.807, 2.05) is 24.3 Å². The molecule has 0 aliphatic carbocycles. The van der Waals surface area contributed by atoms with E-state index in [1.54, 1.807) is 7.11 Å². The summed E-state index contributed by atoms with van der Waals surface area (Å²) in [7, 11) is 1.75. The molecular weight excluding hydrogens is 204 g/mol. The van der Waals surface area contributed by atoms with Crippen LogP contribution in [-0.4, -0.2) is 24.9 Å². The number of aliphatic hydroxyl groups excluding tert-OH is 1. The van der Waals surface area contributed by atoms with Gasteiger partial charge in [-0.1, -0.05) is 24.3 Å². The van der Waals surface area contributed by atoms with Gasteiger partial charge in [0, 0.05) is 20.1 Å². The predicted octanol–water partition coefficient (Wildman–Crippen LogP) is 2.05. The fourth-order valence-corrected chi connectivity index (χ4v) is 2.10. The number of methoxy groups -OCH3 is 1. The first-order chi connectivity index (χ1) is 7.83. The summed E-state index contributed by atoms with van der Waals surface area (Å²) in [5.41, 5.74) is 2.06. The Morgan fingerprint density at radius 1 is 1.50 bits per heavy atom. The van der Waals surface area contributed by atoms with Gasteiger partial charge in [-0.25, -0.2) is 0 Å². The number of hydrogen-bond donors (Lipinski definition) is 1. The Labute approximate surface area is 96.0 Å². The third-order valence-corrected chi connectivity index (χ3v) is 3.07. The molecule has 0 amide bonds. The molecule has 1 heterocycles. The highest BCUT2D eigenvalue weighted by Gasteiger charge is 2.23. The Kier molecular flexibility index (Phi) is 3.93. The van der Waals surface area contributed by atoms with Crippen molar-refractivity contribution in [3.05, 3.63) is 35.4 Å². The van der Waals surface area contributed by atoms with Crippen LogP contribution in [0.4, 0.5) is 0 Å². The van der Waals surface area contributed by atoms with Crippen molar-refractivity contribution in [2.45, 2.75) is 31.7 Å². The fourth-order valence-electron chi connectivity index (χ4n) is 2.10. The van der Waals surface area contributed by atoms with Gasteiger partial charge in [-0.15, -0.1) is 0 Å². The van der Waals surface area contributed by atoms with E-state index in [-0.39, 0.29) is 18.8 Å². The Morgan fingerprint density at radius 2 is 2.38 bits per heavy atom. The van der Waals surface area contributed by atoms with Crippen LogP contribution in [0.3, 0.4) is 0 Å². The van der Waals surface area contributed by atoms with Crippen molar-refractivity contribution < 1.29 is 14.6 Å². The molecule has 1 aromatic carbocycles. The predicted molar refractivity (Wildman–Crippen MR) is 61.1 cm³/mol. The smallest absolute Gasteiger partial charge is 0.0849 e. The van der Waals surface area contributed by atoms with Crippen LogP contribution in [0.2, 0.25) is 0 Å². The second-order valence-corrected chi connectivity index (χ2v) is 4.14. The number of benzene rings is 1. The molecule has 1 N–H and O–H groups in total. The Bertz CT molecular complexity index is 338. The average Bonchev–Trinajstić information content (AvgIpc) is 2.39. The number of ether oxygens (including phenoxy) is 2. The van der Waals surface area contributed by atoms with Crippen molar-refractivity contribution >= 4 is 0 Å². The zero-order valence-corrected chi connectivity index (χ0v) is 9.56. The number of rotatable bonds is 3. The van der Waals surface area contributed by atoms with Gasteiger partial charge in [-0.3, -0.25) is 0 Å². The molecule has 16 heavy (non-hydrogen) atoms. The van der Waals surface area contributed by atoms with E-state index in [1.165, 1.54) is 0 Å². The average molecular weight is 222 g/mol. The largest absolute Gasteiger partial charge is 0.392 e. The van der Waals surface area contributed by atoms with Gasteiger partial charge in [0.1, 0.15) is 0 Å². The van der Waals surface area contributed by atoms with Gasteiger partial charge in [-0.05, 0) is 17.5 Å². The molecule has 0 radical (unpaired) electrons. The topological polar surface area (TPSA) is 38.7 Å². The lowest BCUT2D eigenvalue weighted by Gasteiger charge is -2.29. The fraction of sp³-hybridized carbons (Fsp3) is 0.538. The van der Waals surface area contributed by atoms with Gasteiger partial charge in [0.05, 0.1) is 18.8 Å². The van der Waals surface area contributed by atoms with Crippen LogP contribution in [0.5, 0.6) is 0 Å². The van der Waals surface area contributed by atoms with Crippen LogP contribution in [0.25, 0.3) is 0 Å². The highest BCUT2D eigenvalue weighted by Crippen LogP contribution is 2.29. The molecule has 0 bridgehead atoms. The standard InChI is InChI=1S/C13H18O3/c1-15-12-5-6-16-13(8-12)11-4-2-3-10(7-11)9-14/h2-4,7,12-14H,5-6,8-9H2,1H3. The monoisotopic (exact) mass is 222 g/mol. The Hall–Kier alpha value is -0.900. The second kappa shape index (κ2) is 5.43. The van der Waals surface area contributed by atoms with Gasteiger partial charge in [0.15, 0.2) is 0 Å². The van der Waals surface area contributed by atoms with Crippen LogP contribution in [0, 0.1) is 0 Å². The van der Waals surface area contributed by atoms with E-state index in [4.69, 9.17) is 14.6 Å². The maximum absolute atomic E-state index is 9.09. The molecule has 2 atom stereocenters. The van der Waals surface area contributed by atoms with Gasteiger partial charge in [0.25, 0.3) is 0 Å². The van der Waals surface area contributed by atoms with E-state index in [9.17, 15) is 0 Å². The van der Waals surface area contributed by atoms with Crippen molar-refractivity contribution in [3.63, 3.8) is 0 Å². The first-order valence-electron chi connectivity index (χ1n) is 5.67. The lowest BCUT2D eigenvalue weighted by molar-refractivity contribution is -0.0599. The van der Waals surface area contributed by atoms with Crippen molar-refractivity contribution in [1.29, 1.82) is 0 Å². The minimum atomic E-state index is 0.0776. The van der Waals surface area contributed by atoms with E-state index in [0.717, 1.165) is 30.6 Å². The molecule has 1 aromatic rings. The highest BCUT2D eigenvalue weighted by molar-refractivity contribution is 5.25. The summed E-state index contributed by atoms with van der Waals surface area (Å²) >= 11 is 0. The summed E-state index contributed by atoms with van der Waals surface area (Å²) in [5.74, 6) is 0. The van der Waals surface area contributed by atoms with Gasteiger partial charge in [0.2, 0.25) is 0 Å². The molecule has 3 heteroatoms. The van der Waals surface area contributed by atoms with Crippen LogP contribution in [0.1, 0.15) is 30.1 Å². The highest BCUT2D eigenvalue weighted by atomic mass is 16.5. The molecule has 88 valence electrons. The SMILES string of the molecule is COC1CCOC(c2cccc(CO)c2)C1. The molecular formula is C13H18O3. The molecule has 1 aliphatic rings.